The number of carboxylic acids is 2. The number of benzene rings is 1. The molecule has 2 atom stereocenters. The minimum atomic E-state index is -2.27. The molecule has 34 heavy (non-hydrogen) atoms. The number of aliphatic carboxylic acids is 2. The number of Topliss-reactive ketones (excluding diaryl/α,β-unsaturated/α-hetero) is 1. The number of nitrogens with zero attached hydrogens (tertiary/aromatic N) is 3. The summed E-state index contributed by atoms with van der Waals surface area (Å²) in [4.78, 5) is 40.7. The van der Waals surface area contributed by atoms with Gasteiger partial charge in [-0.2, -0.15) is 0 Å². The number of ketones is 1. The number of aliphatic hydroxyl groups excluding tert-OH is 2. The first-order valence-electron chi connectivity index (χ1n) is 10.7. The summed E-state index contributed by atoms with van der Waals surface area (Å²) >= 11 is 0. The molecule has 1 aromatic heterocycles. The second kappa shape index (κ2) is 13.3. The number of rotatable bonds is 9. The van der Waals surface area contributed by atoms with E-state index in [1.165, 1.54) is 12.1 Å². The van der Waals surface area contributed by atoms with Crippen LogP contribution in [-0.4, -0.2) is 93.0 Å². The summed E-state index contributed by atoms with van der Waals surface area (Å²) in [6.07, 6.45) is -1.37. The Bertz CT molecular complexity index is 917. The molecule has 1 aliphatic rings. The Morgan fingerprint density at radius 1 is 0.912 bits per heavy atom. The van der Waals surface area contributed by atoms with Crippen LogP contribution in [0.15, 0.2) is 48.7 Å². The van der Waals surface area contributed by atoms with E-state index in [1.54, 1.807) is 12.1 Å². The average Bonchev–Trinajstić information content (AvgIpc) is 2.84. The van der Waals surface area contributed by atoms with Gasteiger partial charge in [0.2, 0.25) is 0 Å². The van der Waals surface area contributed by atoms with Gasteiger partial charge in [0, 0.05) is 44.4 Å². The quantitative estimate of drug-likeness (QED) is 0.383. The number of piperazine rings is 1. The molecule has 4 N–H and O–H groups in total. The summed E-state index contributed by atoms with van der Waals surface area (Å²) in [7, 11) is 0. The summed E-state index contributed by atoms with van der Waals surface area (Å²) in [5.41, 5.74) is 0.594. The summed E-state index contributed by atoms with van der Waals surface area (Å²) in [6, 6.07) is 11.8. The predicted octanol–water partition coefficient (Wildman–Crippen LogP) is 0.883. The minimum Gasteiger partial charge on any atom is -0.479 e. The molecule has 1 aromatic carbocycles. The monoisotopic (exact) mass is 477 g/mol. The zero-order valence-electron chi connectivity index (χ0n) is 18.5. The summed E-state index contributed by atoms with van der Waals surface area (Å²) < 4.78 is 12.9. The molecule has 1 saturated heterocycles. The highest BCUT2D eigenvalue weighted by atomic mass is 19.1. The first kappa shape index (κ1) is 26.8. The van der Waals surface area contributed by atoms with Crippen LogP contribution < -0.4 is 4.90 Å². The molecule has 2 unspecified atom stereocenters. The highest BCUT2D eigenvalue weighted by Crippen LogP contribution is 2.13. The van der Waals surface area contributed by atoms with Gasteiger partial charge in [-0.05, 0) is 49.4 Å². The average molecular weight is 477 g/mol. The van der Waals surface area contributed by atoms with Crippen LogP contribution in [0, 0.1) is 5.82 Å². The summed E-state index contributed by atoms with van der Waals surface area (Å²) in [5, 5.41) is 32.5. The van der Waals surface area contributed by atoms with Crippen molar-refractivity contribution in [2.24, 2.45) is 0 Å². The maximum atomic E-state index is 12.9. The van der Waals surface area contributed by atoms with E-state index in [0.717, 1.165) is 45.0 Å². The van der Waals surface area contributed by atoms with E-state index >= 15 is 0 Å². The molecule has 0 bridgehead atoms. The highest BCUT2D eigenvalue weighted by molar-refractivity contribution is 5.95. The molecule has 0 radical (unpaired) electrons. The fourth-order valence-corrected chi connectivity index (χ4v) is 3.25. The molecule has 184 valence electrons. The van der Waals surface area contributed by atoms with Gasteiger partial charge in [-0.25, -0.2) is 19.0 Å². The lowest BCUT2D eigenvalue weighted by Gasteiger charge is -2.35. The van der Waals surface area contributed by atoms with Crippen LogP contribution >= 0.6 is 0 Å². The zero-order valence-corrected chi connectivity index (χ0v) is 18.5. The van der Waals surface area contributed by atoms with Gasteiger partial charge in [0.25, 0.3) is 0 Å². The van der Waals surface area contributed by atoms with Gasteiger partial charge >= 0.3 is 11.9 Å². The first-order valence-corrected chi connectivity index (χ1v) is 10.7. The van der Waals surface area contributed by atoms with Crippen molar-refractivity contribution in [2.45, 2.75) is 25.0 Å². The highest BCUT2D eigenvalue weighted by Gasteiger charge is 2.29. The maximum absolute atomic E-state index is 12.9. The van der Waals surface area contributed by atoms with Crippen LogP contribution in [0.2, 0.25) is 0 Å². The third-order valence-electron chi connectivity index (χ3n) is 5.20. The van der Waals surface area contributed by atoms with Crippen molar-refractivity contribution in [1.29, 1.82) is 0 Å². The van der Waals surface area contributed by atoms with Crippen LogP contribution in [-0.2, 0) is 9.59 Å². The van der Waals surface area contributed by atoms with Gasteiger partial charge in [0.05, 0.1) is 0 Å². The zero-order chi connectivity index (χ0) is 25.1. The Kier molecular flexibility index (Phi) is 10.5. The van der Waals surface area contributed by atoms with E-state index in [4.69, 9.17) is 20.4 Å². The minimum absolute atomic E-state index is 0.0853. The van der Waals surface area contributed by atoms with E-state index in [9.17, 15) is 18.8 Å². The summed E-state index contributed by atoms with van der Waals surface area (Å²) in [5.74, 6) is -2.73. The van der Waals surface area contributed by atoms with E-state index in [-0.39, 0.29) is 11.6 Å². The molecule has 2 heterocycles. The van der Waals surface area contributed by atoms with Crippen molar-refractivity contribution < 1.29 is 39.2 Å². The molecule has 0 saturated carbocycles. The lowest BCUT2D eigenvalue weighted by atomic mass is 10.1. The van der Waals surface area contributed by atoms with E-state index in [0.29, 0.717) is 12.0 Å². The van der Waals surface area contributed by atoms with E-state index in [2.05, 4.69) is 14.8 Å². The number of anilines is 1. The topological polar surface area (TPSA) is 152 Å². The van der Waals surface area contributed by atoms with Gasteiger partial charge in [-0.1, -0.05) is 6.07 Å². The molecule has 11 heteroatoms. The molecule has 10 nitrogen and oxygen atoms in total. The van der Waals surface area contributed by atoms with E-state index < -0.39 is 24.1 Å². The van der Waals surface area contributed by atoms with Crippen molar-refractivity contribution >= 4 is 23.5 Å². The number of carbonyl (C=O) groups excluding carboxylic acids is 1. The van der Waals surface area contributed by atoms with Crippen molar-refractivity contribution in [3.05, 3.63) is 60.0 Å². The second-order valence-corrected chi connectivity index (χ2v) is 7.62. The number of hydrogen-bond acceptors (Lipinski definition) is 8. The largest absolute Gasteiger partial charge is 0.479 e. The van der Waals surface area contributed by atoms with Crippen LogP contribution in [0.25, 0.3) is 0 Å². The second-order valence-electron chi connectivity index (χ2n) is 7.62. The van der Waals surface area contributed by atoms with Gasteiger partial charge in [-0.15, -0.1) is 0 Å². The molecular formula is C23H28FN3O7. The lowest BCUT2D eigenvalue weighted by Crippen LogP contribution is -2.46. The molecule has 0 spiro atoms. The Morgan fingerprint density at radius 3 is 2.00 bits per heavy atom. The Hall–Kier alpha value is -3.41. The molecule has 3 rings (SSSR count). The number of hydrogen-bond donors (Lipinski definition) is 4. The van der Waals surface area contributed by atoms with Crippen LogP contribution in [0.4, 0.5) is 10.2 Å². The molecule has 2 aromatic rings. The van der Waals surface area contributed by atoms with Crippen LogP contribution in [0.1, 0.15) is 23.2 Å². The third kappa shape index (κ3) is 8.50. The number of carboxylic acid groups (broad SMARTS) is 2. The van der Waals surface area contributed by atoms with Crippen molar-refractivity contribution in [1.82, 2.24) is 9.88 Å². The number of pyridine rings is 1. The fraction of sp³-hybridized carbons (Fsp3) is 0.391. The molecular weight excluding hydrogens is 449 g/mol. The predicted molar refractivity (Wildman–Crippen MR) is 120 cm³/mol. The lowest BCUT2D eigenvalue weighted by molar-refractivity contribution is -0.165. The molecule has 1 aliphatic heterocycles. The van der Waals surface area contributed by atoms with Gasteiger partial charge < -0.3 is 25.3 Å². The smallest absolute Gasteiger partial charge is 0.335 e. The first-order chi connectivity index (χ1) is 16.2. The standard InChI is InChI=1S/C19H22FN3O.C4H6O6/c20-17-8-6-16(7-9-17)18(24)4-3-11-22-12-14-23(15-13-22)19-5-1-2-10-21-19;5-1(3(7)8)2(6)4(9)10/h1-2,5-10H,3-4,11-15H2;1-2,5-6H,(H,7,8)(H,9,10). The Balaban J connectivity index is 0.000000347. The third-order valence-corrected chi connectivity index (χ3v) is 5.20. The van der Waals surface area contributed by atoms with E-state index in [1.807, 2.05) is 24.4 Å². The van der Waals surface area contributed by atoms with Crippen LogP contribution in [0.5, 0.6) is 0 Å². The number of aromatic nitrogens is 1. The number of aliphatic hydroxyl groups is 2. The normalized spacial score (nSPS) is 15.6. The van der Waals surface area contributed by atoms with Crippen molar-refractivity contribution in [3.63, 3.8) is 0 Å². The van der Waals surface area contributed by atoms with Gasteiger partial charge in [0.15, 0.2) is 18.0 Å². The maximum Gasteiger partial charge on any atom is 0.335 e. The molecule has 1 fully saturated rings. The fourth-order valence-electron chi connectivity index (χ4n) is 3.25. The molecule has 0 amide bonds. The SMILES string of the molecule is O=C(CCCN1CCN(c2ccccn2)CC1)c1ccc(F)cc1.O=C(O)C(O)C(O)C(=O)O. The van der Waals surface area contributed by atoms with Gasteiger partial charge in [-0.3, -0.25) is 9.69 Å². The number of carbonyl (C=O) groups is 3. The van der Waals surface area contributed by atoms with Crippen molar-refractivity contribution in [2.75, 3.05) is 37.6 Å². The molecule has 0 aliphatic carbocycles. The Labute approximate surface area is 195 Å². The summed E-state index contributed by atoms with van der Waals surface area (Å²) in [6.45, 7) is 4.82. The van der Waals surface area contributed by atoms with Gasteiger partial charge in [0.1, 0.15) is 11.6 Å². The van der Waals surface area contributed by atoms with Crippen molar-refractivity contribution in [3.8, 4) is 0 Å². The van der Waals surface area contributed by atoms with Crippen LogP contribution in [0.3, 0.4) is 0 Å². The Morgan fingerprint density at radius 2 is 1.50 bits per heavy atom. The number of halogens is 1.